The lowest BCUT2D eigenvalue weighted by Crippen LogP contribution is -2.46. The minimum absolute atomic E-state index is 0.255. The van der Waals surface area contributed by atoms with Crippen LogP contribution in [0, 0.1) is 0 Å². The first-order chi connectivity index (χ1) is 17.7. The lowest BCUT2D eigenvalue weighted by atomic mass is 10.2. The molecule has 7 nitrogen and oxygen atoms in total. The number of carbonyl (C=O) groups excluding carboxylic acids is 1. The van der Waals surface area contributed by atoms with Gasteiger partial charge in [0.25, 0.3) is 5.56 Å². The summed E-state index contributed by atoms with van der Waals surface area (Å²) in [4.78, 5) is 31.7. The quantitative estimate of drug-likeness (QED) is 0.276. The number of carbonyl (C=O) groups is 1. The van der Waals surface area contributed by atoms with Crippen molar-refractivity contribution in [2.24, 2.45) is 0 Å². The van der Waals surface area contributed by atoms with Crippen LogP contribution in [0.25, 0.3) is 21.0 Å². The first kappa shape index (κ1) is 23.1. The summed E-state index contributed by atoms with van der Waals surface area (Å²) in [6, 6.07) is 17.4. The molecule has 186 valence electrons. The van der Waals surface area contributed by atoms with Crippen LogP contribution in [0.1, 0.15) is 12.8 Å². The molecule has 2 aliphatic heterocycles. The Morgan fingerprint density at radius 1 is 0.917 bits per heavy atom. The van der Waals surface area contributed by atoms with Crippen molar-refractivity contribution < 1.29 is 9.53 Å². The van der Waals surface area contributed by atoms with Crippen LogP contribution in [-0.2, 0) is 0 Å². The molecule has 8 heteroatoms. The standard InChI is InChI=1S/C28H30N4O3S/c33-27-9-7-21-6-8-22(20-25(21)32(27)28(34)31-16-17-31)35-18-2-1-11-29-12-14-30(15-13-29)24-4-3-5-26-23(24)10-19-36-26/h3-10,19-20H,1-2,11-18H2. The largest absolute Gasteiger partial charge is 0.494 e. The molecular formula is C28H30N4O3S. The van der Waals surface area contributed by atoms with Gasteiger partial charge in [-0.15, -0.1) is 11.3 Å². The maximum absolute atomic E-state index is 12.6. The van der Waals surface area contributed by atoms with E-state index in [0.717, 1.165) is 51.0 Å². The predicted octanol–water partition coefficient (Wildman–Crippen LogP) is 4.48. The minimum Gasteiger partial charge on any atom is -0.494 e. The zero-order valence-corrected chi connectivity index (χ0v) is 21.1. The molecule has 4 heterocycles. The van der Waals surface area contributed by atoms with Crippen LogP contribution in [-0.4, -0.2) is 72.8 Å². The molecular weight excluding hydrogens is 472 g/mol. The molecule has 0 spiro atoms. The van der Waals surface area contributed by atoms with Crippen molar-refractivity contribution in [1.82, 2.24) is 14.4 Å². The summed E-state index contributed by atoms with van der Waals surface area (Å²) < 4.78 is 8.61. The van der Waals surface area contributed by atoms with Gasteiger partial charge in [0.05, 0.1) is 12.1 Å². The van der Waals surface area contributed by atoms with Gasteiger partial charge in [-0.3, -0.25) is 9.69 Å². The molecule has 2 aromatic heterocycles. The first-order valence-electron chi connectivity index (χ1n) is 12.7. The van der Waals surface area contributed by atoms with Crippen LogP contribution >= 0.6 is 11.3 Å². The normalized spacial score (nSPS) is 16.1. The maximum atomic E-state index is 12.6. The molecule has 0 N–H and O–H groups in total. The Bertz CT molecular complexity index is 1450. The predicted molar refractivity (Wildman–Crippen MR) is 146 cm³/mol. The van der Waals surface area contributed by atoms with Crippen LogP contribution in [0.5, 0.6) is 5.75 Å². The molecule has 0 unspecified atom stereocenters. The number of pyridine rings is 1. The summed E-state index contributed by atoms with van der Waals surface area (Å²) in [5.41, 5.74) is 1.66. The van der Waals surface area contributed by atoms with Gasteiger partial charge in [-0.25, -0.2) is 9.36 Å². The van der Waals surface area contributed by atoms with Gasteiger partial charge in [0.15, 0.2) is 0 Å². The Labute approximate surface area is 214 Å². The van der Waals surface area contributed by atoms with E-state index < -0.39 is 0 Å². The van der Waals surface area contributed by atoms with E-state index in [9.17, 15) is 9.59 Å². The Morgan fingerprint density at radius 3 is 2.58 bits per heavy atom. The molecule has 0 atom stereocenters. The van der Waals surface area contributed by atoms with Crippen molar-refractivity contribution in [1.29, 1.82) is 0 Å². The highest BCUT2D eigenvalue weighted by Crippen LogP contribution is 2.31. The third-order valence-corrected chi connectivity index (χ3v) is 7.98. The Kier molecular flexibility index (Phi) is 6.37. The summed E-state index contributed by atoms with van der Waals surface area (Å²) >= 11 is 1.81. The average Bonchev–Trinajstić information content (AvgIpc) is 3.65. The van der Waals surface area contributed by atoms with E-state index in [0.29, 0.717) is 31.0 Å². The third-order valence-electron chi connectivity index (χ3n) is 7.10. The van der Waals surface area contributed by atoms with E-state index in [-0.39, 0.29) is 11.6 Å². The summed E-state index contributed by atoms with van der Waals surface area (Å²) in [5.74, 6) is 0.691. The van der Waals surface area contributed by atoms with E-state index in [1.165, 1.54) is 26.4 Å². The van der Waals surface area contributed by atoms with E-state index in [1.54, 1.807) is 22.3 Å². The highest BCUT2D eigenvalue weighted by atomic mass is 32.1. The number of fused-ring (bicyclic) bond motifs is 2. The fourth-order valence-corrected chi connectivity index (χ4v) is 5.78. The van der Waals surface area contributed by atoms with Gasteiger partial charge >= 0.3 is 6.03 Å². The van der Waals surface area contributed by atoms with Crippen molar-refractivity contribution in [3.8, 4) is 5.75 Å². The number of nitrogens with zero attached hydrogens (tertiary/aromatic N) is 4. The molecule has 36 heavy (non-hydrogen) atoms. The topological polar surface area (TPSA) is 57.8 Å². The number of unbranched alkanes of at least 4 members (excludes halogenated alkanes) is 1. The molecule has 2 aliphatic rings. The zero-order chi connectivity index (χ0) is 24.5. The number of piperazine rings is 1. The Morgan fingerprint density at radius 2 is 1.75 bits per heavy atom. The number of rotatable bonds is 7. The number of hydrogen-bond acceptors (Lipinski definition) is 6. The van der Waals surface area contributed by atoms with Crippen molar-refractivity contribution in [2.75, 3.05) is 57.3 Å². The van der Waals surface area contributed by atoms with Crippen molar-refractivity contribution in [3.05, 3.63) is 70.3 Å². The third kappa shape index (κ3) is 4.70. The number of benzene rings is 2. The van der Waals surface area contributed by atoms with Crippen molar-refractivity contribution in [2.45, 2.75) is 12.8 Å². The van der Waals surface area contributed by atoms with Gasteiger partial charge < -0.3 is 14.5 Å². The number of hydrogen-bond donors (Lipinski definition) is 0. The molecule has 0 bridgehead atoms. The SMILES string of the molecule is O=C(N1CC1)n1c(=O)ccc2ccc(OCCCCN3CCN(c4cccc5sccc45)CC3)cc21. The van der Waals surface area contributed by atoms with Crippen LogP contribution < -0.4 is 15.2 Å². The number of amides is 1. The second kappa shape index (κ2) is 9.95. The molecule has 2 saturated heterocycles. The number of aromatic nitrogens is 1. The molecule has 2 fully saturated rings. The number of thiophene rings is 1. The summed E-state index contributed by atoms with van der Waals surface area (Å²) in [7, 11) is 0. The monoisotopic (exact) mass is 502 g/mol. The number of ether oxygens (including phenoxy) is 1. The highest BCUT2D eigenvalue weighted by molar-refractivity contribution is 7.17. The van der Waals surface area contributed by atoms with E-state index in [2.05, 4.69) is 39.4 Å². The lowest BCUT2D eigenvalue weighted by molar-refractivity contribution is 0.231. The van der Waals surface area contributed by atoms with E-state index in [4.69, 9.17) is 4.74 Å². The molecule has 6 rings (SSSR count). The lowest BCUT2D eigenvalue weighted by Gasteiger charge is -2.36. The van der Waals surface area contributed by atoms with Gasteiger partial charge in [-0.2, -0.15) is 0 Å². The number of anilines is 1. The minimum atomic E-state index is -0.302. The molecule has 4 aromatic rings. The smallest absolute Gasteiger partial charge is 0.331 e. The highest BCUT2D eigenvalue weighted by Gasteiger charge is 2.27. The Balaban J connectivity index is 0.988. The van der Waals surface area contributed by atoms with Gasteiger partial charge in [-0.1, -0.05) is 6.07 Å². The fraction of sp³-hybridized carbons (Fsp3) is 0.357. The van der Waals surface area contributed by atoms with E-state index >= 15 is 0 Å². The van der Waals surface area contributed by atoms with Gasteiger partial charge in [0.2, 0.25) is 0 Å². The molecule has 0 saturated carbocycles. The zero-order valence-electron chi connectivity index (χ0n) is 20.3. The average molecular weight is 503 g/mol. The molecule has 1 amide bonds. The second-order valence-electron chi connectivity index (χ2n) is 9.49. The molecule has 0 radical (unpaired) electrons. The van der Waals surface area contributed by atoms with Crippen LogP contribution in [0.3, 0.4) is 0 Å². The fourth-order valence-electron chi connectivity index (χ4n) is 4.98. The van der Waals surface area contributed by atoms with Crippen molar-refractivity contribution in [3.63, 3.8) is 0 Å². The van der Waals surface area contributed by atoms with E-state index in [1.807, 2.05) is 18.2 Å². The Hall–Kier alpha value is -3.36. The van der Waals surface area contributed by atoms with Gasteiger partial charge in [0, 0.05) is 67.2 Å². The summed E-state index contributed by atoms with van der Waals surface area (Å²) in [5, 5.41) is 4.40. The van der Waals surface area contributed by atoms with Crippen LogP contribution in [0.15, 0.2) is 64.8 Å². The van der Waals surface area contributed by atoms with Crippen LogP contribution in [0.4, 0.5) is 10.5 Å². The maximum Gasteiger partial charge on any atom is 0.331 e. The van der Waals surface area contributed by atoms with Gasteiger partial charge in [0.1, 0.15) is 5.75 Å². The van der Waals surface area contributed by atoms with Crippen molar-refractivity contribution >= 4 is 44.0 Å². The first-order valence-corrected chi connectivity index (χ1v) is 13.6. The van der Waals surface area contributed by atoms with Gasteiger partial charge in [-0.05, 0) is 66.6 Å². The molecule has 0 aliphatic carbocycles. The summed E-state index contributed by atoms with van der Waals surface area (Å²) in [6.45, 7) is 7.36. The van der Waals surface area contributed by atoms with Crippen LogP contribution in [0.2, 0.25) is 0 Å². The molecule has 2 aromatic carbocycles. The summed E-state index contributed by atoms with van der Waals surface area (Å²) in [6.07, 6.45) is 2.03. The second-order valence-corrected chi connectivity index (χ2v) is 10.4.